The highest BCUT2D eigenvalue weighted by molar-refractivity contribution is 5.80. The number of benzene rings is 1. The Balaban J connectivity index is 1.44. The summed E-state index contributed by atoms with van der Waals surface area (Å²) >= 11 is 0. The Kier molecular flexibility index (Phi) is 6.41. The summed E-state index contributed by atoms with van der Waals surface area (Å²) < 4.78 is 0. The van der Waals surface area contributed by atoms with E-state index in [1.807, 2.05) is 24.3 Å². The molecule has 6 nitrogen and oxygen atoms in total. The van der Waals surface area contributed by atoms with E-state index >= 15 is 0 Å². The molecule has 138 valence electrons. The maximum Gasteiger partial charge on any atom is 0.239 e. The molecule has 0 aliphatic carbocycles. The summed E-state index contributed by atoms with van der Waals surface area (Å²) in [4.78, 5) is 22.9. The minimum Gasteiger partial charge on any atom is -0.361 e. The molecule has 1 unspecified atom stereocenters. The fraction of sp³-hybridized carbons (Fsp3) is 0.450. The first kappa shape index (κ1) is 18.2. The van der Waals surface area contributed by atoms with Gasteiger partial charge >= 0.3 is 0 Å². The molecular weight excluding hydrogens is 326 g/mol. The number of amides is 1. The number of carbonyl (C=O) groups is 1. The van der Waals surface area contributed by atoms with E-state index in [-0.39, 0.29) is 12.5 Å². The van der Waals surface area contributed by atoms with Gasteiger partial charge in [-0.15, -0.1) is 0 Å². The predicted octanol–water partition coefficient (Wildman–Crippen LogP) is 2.48. The number of aromatic nitrogens is 2. The summed E-state index contributed by atoms with van der Waals surface area (Å²) in [5.74, 6) is 2.27. The van der Waals surface area contributed by atoms with Gasteiger partial charge in [0.2, 0.25) is 5.91 Å². The Bertz CT molecular complexity index is 706. The van der Waals surface area contributed by atoms with E-state index in [9.17, 15) is 4.79 Å². The lowest BCUT2D eigenvalue weighted by atomic mass is 10.0. The van der Waals surface area contributed by atoms with E-state index in [2.05, 4.69) is 44.6 Å². The van der Waals surface area contributed by atoms with Crippen LogP contribution in [0.1, 0.15) is 25.3 Å². The zero-order valence-electron chi connectivity index (χ0n) is 15.3. The molecule has 1 amide bonds. The normalized spacial score (nSPS) is 17.0. The third kappa shape index (κ3) is 5.44. The maximum atomic E-state index is 12.0. The number of rotatable bonds is 7. The minimum atomic E-state index is -0.0345. The molecule has 1 saturated heterocycles. The Hall–Kier alpha value is -2.63. The largest absolute Gasteiger partial charge is 0.361 e. The first-order chi connectivity index (χ1) is 12.7. The molecule has 0 bridgehead atoms. The van der Waals surface area contributed by atoms with Crippen molar-refractivity contribution in [2.75, 3.05) is 36.4 Å². The van der Waals surface area contributed by atoms with E-state index in [1.54, 1.807) is 6.33 Å². The molecule has 2 N–H and O–H groups in total. The Morgan fingerprint density at radius 1 is 1.27 bits per heavy atom. The van der Waals surface area contributed by atoms with Crippen molar-refractivity contribution < 1.29 is 4.79 Å². The van der Waals surface area contributed by atoms with Gasteiger partial charge in [0.15, 0.2) is 0 Å². The van der Waals surface area contributed by atoms with Crippen LogP contribution < -0.4 is 15.5 Å². The minimum absolute atomic E-state index is 0.0345. The second-order valence-electron chi connectivity index (χ2n) is 6.89. The highest BCUT2D eigenvalue weighted by atomic mass is 16.1. The molecule has 1 aromatic heterocycles. The van der Waals surface area contributed by atoms with E-state index in [1.165, 1.54) is 18.4 Å². The lowest BCUT2D eigenvalue weighted by molar-refractivity contribution is -0.119. The lowest BCUT2D eigenvalue weighted by Crippen LogP contribution is -2.35. The van der Waals surface area contributed by atoms with Crippen molar-refractivity contribution in [2.45, 2.75) is 26.2 Å². The Morgan fingerprint density at radius 2 is 2.12 bits per heavy atom. The highest BCUT2D eigenvalue weighted by Crippen LogP contribution is 2.22. The van der Waals surface area contributed by atoms with Crippen LogP contribution >= 0.6 is 0 Å². The van der Waals surface area contributed by atoms with Gasteiger partial charge in [0, 0.05) is 25.7 Å². The summed E-state index contributed by atoms with van der Waals surface area (Å²) in [5.41, 5.74) is 1.22. The van der Waals surface area contributed by atoms with Crippen LogP contribution in [0.25, 0.3) is 0 Å². The van der Waals surface area contributed by atoms with E-state index in [4.69, 9.17) is 0 Å². The predicted molar refractivity (Wildman–Crippen MR) is 104 cm³/mol. The van der Waals surface area contributed by atoms with Crippen LogP contribution in [0.2, 0.25) is 0 Å². The molecular formula is C20H27N5O. The molecule has 0 saturated carbocycles. The summed E-state index contributed by atoms with van der Waals surface area (Å²) in [5, 5.41) is 6.02. The fourth-order valence-corrected chi connectivity index (χ4v) is 3.24. The summed E-state index contributed by atoms with van der Waals surface area (Å²) in [6, 6.07) is 12.1. The van der Waals surface area contributed by atoms with Crippen molar-refractivity contribution in [1.82, 2.24) is 15.3 Å². The van der Waals surface area contributed by atoms with Crippen LogP contribution in [0.3, 0.4) is 0 Å². The Morgan fingerprint density at radius 3 is 2.92 bits per heavy atom. The molecule has 2 aromatic rings. The zero-order chi connectivity index (χ0) is 18.2. The number of hydrogen-bond acceptors (Lipinski definition) is 5. The molecule has 1 aromatic carbocycles. The van der Waals surface area contributed by atoms with Crippen molar-refractivity contribution in [1.29, 1.82) is 0 Å². The lowest BCUT2D eigenvalue weighted by Gasteiger charge is -2.31. The van der Waals surface area contributed by atoms with Crippen LogP contribution in [0.5, 0.6) is 0 Å². The van der Waals surface area contributed by atoms with E-state index in [0.29, 0.717) is 18.3 Å². The molecule has 6 heteroatoms. The second-order valence-corrected chi connectivity index (χ2v) is 6.89. The number of piperidine rings is 1. The van der Waals surface area contributed by atoms with Crippen molar-refractivity contribution in [3.63, 3.8) is 0 Å². The summed E-state index contributed by atoms with van der Waals surface area (Å²) in [6.07, 6.45) is 4.86. The molecule has 1 aliphatic heterocycles. The van der Waals surface area contributed by atoms with E-state index in [0.717, 1.165) is 25.3 Å². The van der Waals surface area contributed by atoms with Gasteiger partial charge in [-0.05, 0) is 30.7 Å². The summed E-state index contributed by atoms with van der Waals surface area (Å²) in [6.45, 7) is 5.16. The number of anilines is 2. The van der Waals surface area contributed by atoms with Gasteiger partial charge in [-0.2, -0.15) is 0 Å². The molecule has 1 aliphatic rings. The van der Waals surface area contributed by atoms with Crippen LogP contribution in [-0.2, 0) is 11.2 Å². The van der Waals surface area contributed by atoms with Crippen molar-refractivity contribution in [2.24, 2.45) is 5.92 Å². The maximum absolute atomic E-state index is 12.0. The van der Waals surface area contributed by atoms with Gasteiger partial charge in [0.1, 0.15) is 18.0 Å². The van der Waals surface area contributed by atoms with E-state index < -0.39 is 0 Å². The summed E-state index contributed by atoms with van der Waals surface area (Å²) in [7, 11) is 0. The molecule has 0 radical (unpaired) electrons. The van der Waals surface area contributed by atoms with Gasteiger partial charge in [-0.3, -0.25) is 4.79 Å². The topological polar surface area (TPSA) is 70.2 Å². The molecule has 2 heterocycles. The smallest absolute Gasteiger partial charge is 0.239 e. The van der Waals surface area contributed by atoms with Crippen LogP contribution in [0.4, 0.5) is 11.6 Å². The van der Waals surface area contributed by atoms with Gasteiger partial charge < -0.3 is 15.5 Å². The van der Waals surface area contributed by atoms with Crippen LogP contribution in [0, 0.1) is 5.92 Å². The van der Waals surface area contributed by atoms with Crippen molar-refractivity contribution >= 4 is 17.5 Å². The third-order valence-corrected chi connectivity index (χ3v) is 4.64. The number of hydrogen-bond donors (Lipinski definition) is 2. The van der Waals surface area contributed by atoms with Crippen molar-refractivity contribution in [3.8, 4) is 0 Å². The molecule has 26 heavy (non-hydrogen) atoms. The zero-order valence-corrected chi connectivity index (χ0v) is 15.3. The first-order valence-corrected chi connectivity index (χ1v) is 9.32. The Labute approximate surface area is 155 Å². The van der Waals surface area contributed by atoms with Crippen LogP contribution in [-0.4, -0.2) is 42.1 Å². The van der Waals surface area contributed by atoms with Gasteiger partial charge in [-0.25, -0.2) is 9.97 Å². The number of carbonyl (C=O) groups excluding carboxylic acids is 1. The average molecular weight is 353 g/mol. The highest BCUT2D eigenvalue weighted by Gasteiger charge is 2.17. The standard InChI is InChI=1S/C20H27N5O/c1-16-6-5-11-25(14-16)19-12-18(23-15-24-19)22-13-20(26)21-10-9-17-7-3-2-4-8-17/h2-4,7-8,12,15-16H,5-6,9-11,13-14H2,1H3,(H,21,26)(H,22,23,24). The van der Waals surface area contributed by atoms with Gasteiger partial charge in [0.05, 0.1) is 6.54 Å². The first-order valence-electron chi connectivity index (χ1n) is 9.32. The number of nitrogens with zero attached hydrogens (tertiary/aromatic N) is 3. The quantitative estimate of drug-likeness (QED) is 0.800. The average Bonchev–Trinajstić information content (AvgIpc) is 2.67. The van der Waals surface area contributed by atoms with Crippen molar-refractivity contribution in [3.05, 3.63) is 48.3 Å². The number of nitrogens with one attached hydrogen (secondary N) is 2. The molecule has 1 fully saturated rings. The van der Waals surface area contributed by atoms with Crippen LogP contribution in [0.15, 0.2) is 42.7 Å². The third-order valence-electron chi connectivity index (χ3n) is 4.64. The SMILES string of the molecule is CC1CCCN(c2cc(NCC(=O)NCCc3ccccc3)ncn2)C1. The molecule has 0 spiro atoms. The fourth-order valence-electron chi connectivity index (χ4n) is 3.24. The monoisotopic (exact) mass is 353 g/mol. The molecule has 3 rings (SSSR count). The molecule has 1 atom stereocenters. The van der Waals surface area contributed by atoms with Gasteiger partial charge in [0.25, 0.3) is 0 Å². The van der Waals surface area contributed by atoms with Gasteiger partial charge in [-0.1, -0.05) is 37.3 Å². The second kappa shape index (κ2) is 9.17.